The monoisotopic (exact) mass is 456 g/mol. The third-order valence-electron chi connectivity index (χ3n) is 4.92. The van der Waals surface area contributed by atoms with E-state index >= 15 is 0 Å². The first-order chi connectivity index (χ1) is 15.3. The predicted octanol–water partition coefficient (Wildman–Crippen LogP) is 4.62. The number of halogens is 1. The van der Waals surface area contributed by atoms with Crippen molar-refractivity contribution in [1.29, 1.82) is 0 Å². The van der Waals surface area contributed by atoms with Gasteiger partial charge in [0, 0.05) is 13.0 Å². The topological polar surface area (TPSA) is 75.7 Å². The molecule has 0 aliphatic carbocycles. The molecule has 0 saturated carbocycles. The number of benzene rings is 3. The van der Waals surface area contributed by atoms with Crippen molar-refractivity contribution in [1.82, 2.24) is 0 Å². The minimum atomic E-state index is -3.86. The highest BCUT2D eigenvalue weighted by molar-refractivity contribution is 7.92. The average Bonchev–Trinajstić information content (AvgIpc) is 2.79. The number of carbonyl (C=O) groups is 1. The maximum Gasteiger partial charge on any atom is 0.264 e. The molecule has 0 atom stereocenters. The molecule has 0 aliphatic rings. The Labute approximate surface area is 187 Å². The molecule has 0 unspecified atom stereocenters. The number of hydrogen-bond acceptors (Lipinski definition) is 4. The van der Waals surface area contributed by atoms with Crippen LogP contribution in [0.3, 0.4) is 0 Å². The molecule has 1 amide bonds. The molecular weight excluding hydrogens is 431 g/mol. The minimum absolute atomic E-state index is 0.0397. The first-order valence-electron chi connectivity index (χ1n) is 10.1. The van der Waals surface area contributed by atoms with Gasteiger partial charge in [0.2, 0.25) is 5.91 Å². The highest BCUT2D eigenvalue weighted by Gasteiger charge is 2.25. The molecule has 3 aromatic rings. The quantitative estimate of drug-likeness (QED) is 0.510. The molecule has 168 valence electrons. The molecule has 0 aliphatic heterocycles. The van der Waals surface area contributed by atoms with E-state index in [1.165, 1.54) is 41.7 Å². The number of nitrogens with one attached hydrogen (secondary N) is 1. The van der Waals surface area contributed by atoms with Crippen LogP contribution in [0.25, 0.3) is 0 Å². The Morgan fingerprint density at radius 1 is 1.03 bits per heavy atom. The van der Waals surface area contributed by atoms with E-state index in [1.807, 2.05) is 6.07 Å². The van der Waals surface area contributed by atoms with Crippen LogP contribution >= 0.6 is 0 Å². The number of hydrogen-bond donors (Lipinski definition) is 1. The predicted molar refractivity (Wildman–Crippen MR) is 123 cm³/mol. The van der Waals surface area contributed by atoms with Crippen LogP contribution in [-0.4, -0.2) is 28.0 Å². The van der Waals surface area contributed by atoms with Crippen molar-refractivity contribution in [2.75, 3.05) is 23.3 Å². The highest BCUT2D eigenvalue weighted by atomic mass is 32.2. The Balaban J connectivity index is 1.81. The number of para-hydroxylation sites is 1. The normalized spacial score (nSPS) is 11.1. The molecule has 32 heavy (non-hydrogen) atoms. The summed E-state index contributed by atoms with van der Waals surface area (Å²) in [4.78, 5) is 12.5. The van der Waals surface area contributed by atoms with Crippen LogP contribution in [0, 0.1) is 5.82 Å². The number of nitrogens with zero attached hydrogens (tertiary/aromatic N) is 1. The SMILES string of the molecule is CCN(c1ccccc1)S(=O)(=O)c1ccc(OC)c(NC(=O)CCc2ccc(F)cc2)c1. The summed E-state index contributed by atoms with van der Waals surface area (Å²) in [5, 5.41) is 2.73. The van der Waals surface area contributed by atoms with Crippen LogP contribution in [0.1, 0.15) is 18.9 Å². The molecule has 3 rings (SSSR count). The first kappa shape index (κ1) is 23.3. The molecule has 6 nitrogen and oxygen atoms in total. The Morgan fingerprint density at radius 2 is 1.72 bits per heavy atom. The van der Waals surface area contributed by atoms with Crippen LogP contribution in [0.5, 0.6) is 5.75 Å². The summed E-state index contributed by atoms with van der Waals surface area (Å²) < 4.78 is 46.2. The number of amides is 1. The van der Waals surface area contributed by atoms with Gasteiger partial charge >= 0.3 is 0 Å². The second-order valence-corrected chi connectivity index (χ2v) is 8.90. The highest BCUT2D eigenvalue weighted by Crippen LogP contribution is 2.31. The molecule has 0 radical (unpaired) electrons. The zero-order valence-electron chi connectivity index (χ0n) is 17.9. The third kappa shape index (κ3) is 5.45. The van der Waals surface area contributed by atoms with E-state index in [0.29, 0.717) is 17.9 Å². The summed E-state index contributed by atoms with van der Waals surface area (Å²) in [7, 11) is -2.41. The van der Waals surface area contributed by atoms with E-state index in [0.717, 1.165) is 5.56 Å². The average molecular weight is 457 g/mol. The van der Waals surface area contributed by atoms with Gasteiger partial charge in [0.25, 0.3) is 10.0 Å². The van der Waals surface area contributed by atoms with Crippen LogP contribution in [-0.2, 0) is 21.2 Å². The summed E-state index contributed by atoms with van der Waals surface area (Å²) in [6.07, 6.45) is 0.570. The van der Waals surface area contributed by atoms with Crippen LogP contribution in [0.4, 0.5) is 15.8 Å². The molecule has 3 aromatic carbocycles. The zero-order chi connectivity index (χ0) is 23.1. The van der Waals surface area contributed by atoms with E-state index in [2.05, 4.69) is 5.32 Å². The Hall–Kier alpha value is -3.39. The number of carbonyl (C=O) groups excluding carboxylic acids is 1. The Bertz CT molecular complexity index is 1170. The number of rotatable bonds is 9. The molecule has 0 bridgehead atoms. The zero-order valence-corrected chi connectivity index (χ0v) is 18.7. The van der Waals surface area contributed by atoms with Crippen LogP contribution in [0.15, 0.2) is 77.7 Å². The van der Waals surface area contributed by atoms with Crippen molar-refractivity contribution >= 4 is 27.3 Å². The van der Waals surface area contributed by atoms with E-state index in [9.17, 15) is 17.6 Å². The Kier molecular flexibility index (Phi) is 7.48. The van der Waals surface area contributed by atoms with Crippen molar-refractivity contribution in [2.24, 2.45) is 0 Å². The first-order valence-corrected chi connectivity index (χ1v) is 11.6. The standard InChI is InChI=1S/C24H25FN2O4S/c1-3-27(20-7-5-4-6-8-20)32(29,30)21-14-15-23(31-2)22(17-21)26-24(28)16-11-18-9-12-19(25)13-10-18/h4-10,12-15,17H,3,11,16H2,1-2H3,(H,26,28). The summed E-state index contributed by atoms with van der Waals surface area (Å²) in [5.41, 5.74) is 1.64. The number of aryl methyl sites for hydroxylation is 1. The molecule has 0 fully saturated rings. The molecule has 1 N–H and O–H groups in total. The molecule has 0 heterocycles. The van der Waals surface area contributed by atoms with E-state index < -0.39 is 10.0 Å². The van der Waals surface area contributed by atoms with Gasteiger partial charge in [0.1, 0.15) is 11.6 Å². The number of sulfonamides is 1. The van der Waals surface area contributed by atoms with Crippen molar-refractivity contribution in [2.45, 2.75) is 24.7 Å². The van der Waals surface area contributed by atoms with Crippen LogP contribution < -0.4 is 14.4 Å². The molecular formula is C24H25FN2O4S. The van der Waals surface area contributed by atoms with Crippen molar-refractivity contribution in [3.05, 3.63) is 84.2 Å². The van der Waals surface area contributed by atoms with Gasteiger partial charge < -0.3 is 10.1 Å². The summed E-state index contributed by atoms with van der Waals surface area (Å²) in [6, 6.07) is 19.1. The summed E-state index contributed by atoms with van der Waals surface area (Å²) in [5.74, 6) is -0.294. The smallest absolute Gasteiger partial charge is 0.264 e. The van der Waals surface area contributed by atoms with Gasteiger partial charge in [-0.15, -0.1) is 0 Å². The van der Waals surface area contributed by atoms with Crippen LogP contribution in [0.2, 0.25) is 0 Å². The fourth-order valence-electron chi connectivity index (χ4n) is 3.28. The largest absolute Gasteiger partial charge is 0.495 e. The molecule has 0 saturated heterocycles. The number of methoxy groups -OCH3 is 1. The number of anilines is 2. The third-order valence-corrected chi connectivity index (χ3v) is 6.82. The fourth-order valence-corrected chi connectivity index (χ4v) is 4.78. The van der Waals surface area contributed by atoms with Gasteiger partial charge in [-0.25, -0.2) is 12.8 Å². The molecule has 8 heteroatoms. The van der Waals surface area contributed by atoms with Gasteiger partial charge in [-0.2, -0.15) is 0 Å². The minimum Gasteiger partial charge on any atom is -0.495 e. The van der Waals surface area contributed by atoms with E-state index in [1.54, 1.807) is 43.3 Å². The lowest BCUT2D eigenvalue weighted by Gasteiger charge is -2.23. The lowest BCUT2D eigenvalue weighted by molar-refractivity contribution is -0.116. The lowest BCUT2D eigenvalue weighted by Crippen LogP contribution is -2.30. The van der Waals surface area contributed by atoms with E-state index in [-0.39, 0.29) is 35.3 Å². The fraction of sp³-hybridized carbons (Fsp3) is 0.208. The van der Waals surface area contributed by atoms with Crippen molar-refractivity contribution < 1.29 is 22.3 Å². The van der Waals surface area contributed by atoms with E-state index in [4.69, 9.17) is 4.74 Å². The van der Waals surface area contributed by atoms with Gasteiger partial charge in [0.15, 0.2) is 0 Å². The second-order valence-electron chi connectivity index (χ2n) is 7.04. The second kappa shape index (κ2) is 10.3. The summed E-state index contributed by atoms with van der Waals surface area (Å²) in [6.45, 7) is 2.00. The number of ether oxygens (including phenoxy) is 1. The van der Waals surface area contributed by atoms with Gasteiger partial charge in [0.05, 0.1) is 23.4 Å². The Morgan fingerprint density at radius 3 is 2.34 bits per heavy atom. The van der Waals surface area contributed by atoms with Crippen molar-refractivity contribution in [3.63, 3.8) is 0 Å². The van der Waals surface area contributed by atoms with Gasteiger partial charge in [-0.05, 0) is 61.4 Å². The lowest BCUT2D eigenvalue weighted by atomic mass is 10.1. The maximum atomic E-state index is 13.3. The summed E-state index contributed by atoms with van der Waals surface area (Å²) >= 11 is 0. The molecule has 0 aromatic heterocycles. The maximum absolute atomic E-state index is 13.3. The van der Waals surface area contributed by atoms with Gasteiger partial charge in [-0.3, -0.25) is 9.10 Å². The van der Waals surface area contributed by atoms with Crippen molar-refractivity contribution in [3.8, 4) is 5.75 Å². The van der Waals surface area contributed by atoms with Gasteiger partial charge in [-0.1, -0.05) is 30.3 Å². The molecule has 0 spiro atoms.